The summed E-state index contributed by atoms with van der Waals surface area (Å²) in [6.07, 6.45) is 4.47. The van der Waals surface area contributed by atoms with Crippen LogP contribution in [0.5, 0.6) is 11.5 Å². The van der Waals surface area contributed by atoms with E-state index in [0.29, 0.717) is 12.8 Å². The molecule has 0 bridgehead atoms. The molecular formula is C25H26F2O3. The Morgan fingerprint density at radius 1 is 0.967 bits per heavy atom. The lowest BCUT2D eigenvalue weighted by molar-refractivity contribution is 0.285. The standard InChI is InChI=1S/C25H26F2O3/c1-29-24-15-18(11-12-22(24)26)19-10-7-8-17-14-25(30-2)23(27)16-21(17)20(19)9-5-3-4-6-13-28/h11-12,14-16,28H,3-4,6-8,10,13H2,1-2H3. The monoisotopic (exact) mass is 412 g/mol. The zero-order valence-corrected chi connectivity index (χ0v) is 17.4. The molecule has 2 aromatic rings. The molecule has 2 aromatic carbocycles. The highest BCUT2D eigenvalue weighted by Gasteiger charge is 2.21. The molecule has 0 saturated heterocycles. The van der Waals surface area contributed by atoms with Gasteiger partial charge in [0.2, 0.25) is 0 Å². The van der Waals surface area contributed by atoms with Gasteiger partial charge in [-0.2, -0.15) is 0 Å². The van der Waals surface area contributed by atoms with Crippen molar-refractivity contribution in [1.82, 2.24) is 0 Å². The van der Waals surface area contributed by atoms with Crippen LogP contribution in [-0.4, -0.2) is 25.9 Å². The fraction of sp³-hybridized carbons (Fsp3) is 0.360. The minimum Gasteiger partial charge on any atom is -0.494 e. The third-order valence-electron chi connectivity index (χ3n) is 5.24. The van der Waals surface area contributed by atoms with Crippen molar-refractivity contribution in [1.29, 1.82) is 0 Å². The number of ether oxygens (including phenoxy) is 2. The smallest absolute Gasteiger partial charge is 0.165 e. The number of unbranched alkanes of at least 4 members (excludes halogenated alkanes) is 2. The third-order valence-corrected chi connectivity index (χ3v) is 5.24. The maximum absolute atomic E-state index is 14.6. The van der Waals surface area contributed by atoms with Crippen molar-refractivity contribution in [2.75, 3.05) is 20.8 Å². The molecule has 0 fully saturated rings. The number of rotatable bonds is 6. The van der Waals surface area contributed by atoms with E-state index >= 15 is 0 Å². The normalized spacial score (nSPS) is 13.2. The van der Waals surface area contributed by atoms with Gasteiger partial charge in [-0.15, -0.1) is 0 Å². The molecule has 158 valence electrons. The Kier molecular flexibility index (Phi) is 7.48. The first-order valence-corrected chi connectivity index (χ1v) is 10.1. The van der Waals surface area contributed by atoms with Gasteiger partial charge < -0.3 is 14.6 Å². The van der Waals surface area contributed by atoms with E-state index in [1.807, 2.05) is 0 Å². The molecule has 0 aliphatic heterocycles. The van der Waals surface area contributed by atoms with Crippen LogP contribution in [0.3, 0.4) is 0 Å². The molecule has 30 heavy (non-hydrogen) atoms. The number of fused-ring (bicyclic) bond motifs is 1. The first kappa shape index (κ1) is 21.9. The van der Waals surface area contributed by atoms with Crippen molar-refractivity contribution >= 4 is 11.1 Å². The summed E-state index contributed by atoms with van der Waals surface area (Å²) in [6, 6.07) is 7.99. The number of hydrogen-bond donors (Lipinski definition) is 1. The lowest BCUT2D eigenvalue weighted by atomic mass is 9.92. The lowest BCUT2D eigenvalue weighted by Crippen LogP contribution is -1.97. The molecule has 0 heterocycles. The summed E-state index contributed by atoms with van der Waals surface area (Å²) in [7, 11) is 2.89. The van der Waals surface area contributed by atoms with Crippen LogP contribution in [0.4, 0.5) is 8.78 Å². The largest absolute Gasteiger partial charge is 0.494 e. The summed E-state index contributed by atoms with van der Waals surface area (Å²) >= 11 is 0. The lowest BCUT2D eigenvalue weighted by Gasteiger charge is -2.13. The average Bonchev–Trinajstić information content (AvgIpc) is 2.92. The molecule has 1 N–H and O–H groups in total. The Labute approximate surface area is 176 Å². The van der Waals surface area contributed by atoms with Crippen LogP contribution < -0.4 is 9.47 Å². The second-order valence-corrected chi connectivity index (χ2v) is 7.18. The molecule has 0 aromatic heterocycles. The van der Waals surface area contributed by atoms with Crippen molar-refractivity contribution in [3.8, 4) is 23.3 Å². The van der Waals surface area contributed by atoms with Gasteiger partial charge in [0.1, 0.15) is 0 Å². The first-order chi connectivity index (χ1) is 14.6. The SMILES string of the molecule is COc1cc(C2=C(C#CCCCCO)c3cc(F)c(OC)cc3CCC2)ccc1F. The van der Waals surface area contributed by atoms with E-state index in [4.69, 9.17) is 14.6 Å². The number of aliphatic hydroxyl groups is 1. The molecule has 0 spiro atoms. The number of hydrogen-bond acceptors (Lipinski definition) is 3. The second kappa shape index (κ2) is 10.3. The quantitative estimate of drug-likeness (QED) is 0.510. The van der Waals surface area contributed by atoms with Gasteiger partial charge in [0.05, 0.1) is 14.2 Å². The molecule has 1 aliphatic carbocycles. The minimum atomic E-state index is -0.436. The van der Waals surface area contributed by atoms with Crippen molar-refractivity contribution in [2.24, 2.45) is 0 Å². The number of benzene rings is 2. The van der Waals surface area contributed by atoms with Gasteiger partial charge in [0.15, 0.2) is 23.1 Å². The van der Waals surface area contributed by atoms with Gasteiger partial charge in [-0.1, -0.05) is 17.9 Å². The van der Waals surface area contributed by atoms with E-state index in [9.17, 15) is 8.78 Å². The zero-order valence-electron chi connectivity index (χ0n) is 17.4. The van der Waals surface area contributed by atoms with Gasteiger partial charge in [-0.25, -0.2) is 8.78 Å². The van der Waals surface area contributed by atoms with Gasteiger partial charge in [0, 0.05) is 18.6 Å². The topological polar surface area (TPSA) is 38.7 Å². The molecule has 5 heteroatoms. The van der Waals surface area contributed by atoms with E-state index in [2.05, 4.69) is 11.8 Å². The van der Waals surface area contributed by atoms with E-state index in [0.717, 1.165) is 53.5 Å². The van der Waals surface area contributed by atoms with Crippen molar-refractivity contribution in [2.45, 2.75) is 38.5 Å². The first-order valence-electron chi connectivity index (χ1n) is 10.1. The Bertz CT molecular complexity index is 999. The van der Waals surface area contributed by atoms with Gasteiger partial charge in [-0.05, 0) is 78.6 Å². The molecule has 0 amide bonds. The van der Waals surface area contributed by atoms with Gasteiger partial charge in [0.25, 0.3) is 0 Å². The number of aliphatic hydroxyl groups excluding tert-OH is 1. The molecule has 0 radical (unpaired) electrons. The summed E-state index contributed by atoms with van der Waals surface area (Å²) in [5, 5.41) is 8.97. The van der Waals surface area contributed by atoms with Crippen molar-refractivity contribution < 1.29 is 23.4 Å². The number of allylic oxidation sites excluding steroid dienone is 2. The van der Waals surface area contributed by atoms with E-state index < -0.39 is 11.6 Å². The number of methoxy groups -OCH3 is 2. The summed E-state index contributed by atoms with van der Waals surface area (Å²) < 4.78 is 38.9. The van der Waals surface area contributed by atoms with Gasteiger partial charge in [-0.3, -0.25) is 0 Å². The fourth-order valence-electron chi connectivity index (χ4n) is 3.69. The van der Waals surface area contributed by atoms with E-state index in [1.165, 1.54) is 26.4 Å². The predicted octanol–water partition coefficient (Wildman–Crippen LogP) is 5.40. The highest BCUT2D eigenvalue weighted by atomic mass is 19.1. The fourth-order valence-corrected chi connectivity index (χ4v) is 3.69. The van der Waals surface area contributed by atoms with Crippen molar-refractivity contribution in [3.05, 3.63) is 58.7 Å². The van der Waals surface area contributed by atoms with Crippen molar-refractivity contribution in [3.63, 3.8) is 0 Å². The minimum absolute atomic E-state index is 0.138. The molecule has 0 saturated carbocycles. The highest BCUT2D eigenvalue weighted by molar-refractivity contribution is 5.99. The summed E-state index contributed by atoms with van der Waals surface area (Å²) in [5.41, 5.74) is 4.25. The molecule has 0 atom stereocenters. The Morgan fingerprint density at radius 2 is 1.73 bits per heavy atom. The molecule has 1 aliphatic rings. The molecule has 0 unspecified atom stereocenters. The number of halogens is 2. The Balaban J connectivity index is 2.16. The number of aryl methyl sites for hydroxylation is 1. The van der Waals surface area contributed by atoms with Crippen LogP contribution >= 0.6 is 0 Å². The Hall–Kier alpha value is -2.84. The van der Waals surface area contributed by atoms with E-state index in [1.54, 1.807) is 18.2 Å². The van der Waals surface area contributed by atoms with Crippen LogP contribution in [0.1, 0.15) is 48.8 Å². The average molecular weight is 412 g/mol. The molecule has 3 rings (SSSR count). The molecular weight excluding hydrogens is 386 g/mol. The van der Waals surface area contributed by atoms with Crippen LogP contribution in [-0.2, 0) is 6.42 Å². The third kappa shape index (κ3) is 4.83. The highest BCUT2D eigenvalue weighted by Crippen LogP contribution is 2.39. The maximum atomic E-state index is 14.6. The van der Waals surface area contributed by atoms with Crippen LogP contribution in [0.15, 0.2) is 30.3 Å². The van der Waals surface area contributed by atoms with Crippen LogP contribution in [0.25, 0.3) is 11.1 Å². The maximum Gasteiger partial charge on any atom is 0.165 e. The Morgan fingerprint density at radius 3 is 2.47 bits per heavy atom. The predicted molar refractivity (Wildman–Crippen MR) is 114 cm³/mol. The van der Waals surface area contributed by atoms with E-state index in [-0.39, 0.29) is 18.1 Å². The molecule has 3 nitrogen and oxygen atoms in total. The van der Waals surface area contributed by atoms with Crippen LogP contribution in [0.2, 0.25) is 0 Å². The zero-order chi connectivity index (χ0) is 21.5. The summed E-state index contributed by atoms with van der Waals surface area (Å²) in [5.74, 6) is 5.94. The second-order valence-electron chi connectivity index (χ2n) is 7.18. The van der Waals surface area contributed by atoms with Gasteiger partial charge >= 0.3 is 0 Å². The summed E-state index contributed by atoms with van der Waals surface area (Å²) in [4.78, 5) is 0. The van der Waals surface area contributed by atoms with Crippen LogP contribution in [0, 0.1) is 23.5 Å². The summed E-state index contributed by atoms with van der Waals surface area (Å²) in [6.45, 7) is 0.138.